The van der Waals surface area contributed by atoms with Gasteiger partial charge in [0.2, 0.25) is 0 Å². The Hall–Kier alpha value is -0.930. The molecule has 0 saturated carbocycles. The lowest BCUT2D eigenvalue weighted by molar-refractivity contribution is 0.0539. The zero-order valence-electron chi connectivity index (χ0n) is 11.8. The summed E-state index contributed by atoms with van der Waals surface area (Å²) in [5, 5.41) is 3.83. The molecule has 2 atom stereocenters. The number of nitrogens with one attached hydrogen (secondary N) is 1. The van der Waals surface area contributed by atoms with Crippen molar-refractivity contribution < 1.29 is 4.74 Å². The summed E-state index contributed by atoms with van der Waals surface area (Å²) in [6.07, 6.45) is 7.99. The zero-order chi connectivity index (χ0) is 13.1. The van der Waals surface area contributed by atoms with Gasteiger partial charge < -0.3 is 10.1 Å². The van der Waals surface area contributed by atoms with Crippen LogP contribution in [0.15, 0.2) is 18.3 Å². The number of ether oxygens (including phenoxy) is 1. The van der Waals surface area contributed by atoms with Crippen LogP contribution in [0.25, 0.3) is 0 Å². The van der Waals surface area contributed by atoms with Crippen LogP contribution in [-0.2, 0) is 11.2 Å². The van der Waals surface area contributed by atoms with E-state index in [-0.39, 0.29) is 0 Å². The van der Waals surface area contributed by atoms with E-state index < -0.39 is 0 Å². The number of rotatable bonds is 3. The smallest absolute Gasteiger partial charge is 0.0605 e. The van der Waals surface area contributed by atoms with Crippen molar-refractivity contribution in [3.63, 3.8) is 0 Å². The highest BCUT2D eigenvalue weighted by Crippen LogP contribution is 2.29. The van der Waals surface area contributed by atoms with Gasteiger partial charge in [-0.1, -0.05) is 6.07 Å². The highest BCUT2D eigenvalue weighted by Gasteiger charge is 2.26. The van der Waals surface area contributed by atoms with Gasteiger partial charge in [0.15, 0.2) is 0 Å². The van der Waals surface area contributed by atoms with E-state index in [1.807, 2.05) is 6.20 Å². The molecule has 1 aliphatic heterocycles. The summed E-state index contributed by atoms with van der Waals surface area (Å²) in [6, 6.07) is 5.29. The molecule has 1 aliphatic carbocycles. The first kappa shape index (κ1) is 13.1. The first-order valence-corrected chi connectivity index (χ1v) is 7.62. The molecule has 0 bridgehead atoms. The van der Waals surface area contributed by atoms with Gasteiger partial charge in [-0.3, -0.25) is 4.98 Å². The maximum atomic E-state index is 5.46. The molecule has 1 aromatic heterocycles. The summed E-state index contributed by atoms with van der Waals surface area (Å²) in [6.45, 7) is 4.18. The van der Waals surface area contributed by atoms with Crippen molar-refractivity contribution in [2.45, 2.75) is 51.1 Å². The number of nitrogens with zero attached hydrogens (tertiary/aromatic N) is 1. The minimum absolute atomic E-state index is 0.447. The van der Waals surface area contributed by atoms with Crippen LogP contribution in [0.5, 0.6) is 0 Å². The number of hydrogen-bond donors (Lipinski definition) is 1. The minimum atomic E-state index is 0.447. The summed E-state index contributed by atoms with van der Waals surface area (Å²) < 4.78 is 5.46. The molecule has 0 aromatic carbocycles. The van der Waals surface area contributed by atoms with Crippen LogP contribution in [0.2, 0.25) is 0 Å². The van der Waals surface area contributed by atoms with Crippen molar-refractivity contribution in [2.24, 2.45) is 5.92 Å². The van der Waals surface area contributed by atoms with Crippen LogP contribution in [0.3, 0.4) is 0 Å². The van der Waals surface area contributed by atoms with Gasteiger partial charge in [-0.25, -0.2) is 0 Å². The monoisotopic (exact) mass is 260 g/mol. The molecule has 1 fully saturated rings. The Kier molecular flexibility index (Phi) is 4.14. The number of hydrogen-bond acceptors (Lipinski definition) is 3. The Morgan fingerprint density at radius 1 is 1.32 bits per heavy atom. The van der Waals surface area contributed by atoms with E-state index in [1.54, 1.807) is 0 Å². The van der Waals surface area contributed by atoms with Crippen molar-refractivity contribution in [3.8, 4) is 0 Å². The van der Waals surface area contributed by atoms with Gasteiger partial charge in [0, 0.05) is 31.5 Å². The van der Waals surface area contributed by atoms with Gasteiger partial charge in [0.1, 0.15) is 0 Å². The molecule has 1 saturated heterocycles. The molecule has 0 radical (unpaired) electrons. The van der Waals surface area contributed by atoms with Crippen molar-refractivity contribution in [2.75, 3.05) is 13.2 Å². The molecule has 2 unspecified atom stereocenters. The van der Waals surface area contributed by atoms with Gasteiger partial charge in [0.05, 0.1) is 5.69 Å². The molecule has 3 nitrogen and oxygen atoms in total. The van der Waals surface area contributed by atoms with E-state index in [2.05, 4.69) is 29.4 Å². The third kappa shape index (κ3) is 2.98. The zero-order valence-corrected chi connectivity index (χ0v) is 11.8. The minimum Gasteiger partial charge on any atom is -0.381 e. The molecule has 2 aliphatic rings. The first-order chi connectivity index (χ1) is 9.34. The van der Waals surface area contributed by atoms with E-state index >= 15 is 0 Å². The van der Waals surface area contributed by atoms with Gasteiger partial charge in [-0.15, -0.1) is 0 Å². The van der Waals surface area contributed by atoms with Gasteiger partial charge in [-0.2, -0.15) is 0 Å². The third-order valence-electron chi connectivity index (χ3n) is 4.63. The molecular weight excluding hydrogens is 236 g/mol. The molecule has 1 aromatic rings. The second-order valence-corrected chi connectivity index (χ2v) is 5.90. The molecule has 3 rings (SSSR count). The summed E-state index contributed by atoms with van der Waals surface area (Å²) in [4.78, 5) is 4.61. The van der Waals surface area contributed by atoms with Crippen molar-refractivity contribution in [3.05, 3.63) is 29.6 Å². The van der Waals surface area contributed by atoms with Crippen LogP contribution < -0.4 is 5.32 Å². The number of aromatic nitrogens is 1. The maximum Gasteiger partial charge on any atom is 0.0605 e. The van der Waals surface area contributed by atoms with E-state index in [1.165, 1.54) is 43.4 Å². The molecule has 3 heteroatoms. The number of pyridine rings is 1. The molecular formula is C16H24N2O. The van der Waals surface area contributed by atoms with Gasteiger partial charge in [0.25, 0.3) is 0 Å². The summed E-state index contributed by atoms with van der Waals surface area (Å²) in [5.41, 5.74) is 2.72. The predicted molar refractivity (Wildman–Crippen MR) is 76.1 cm³/mol. The predicted octanol–water partition coefficient (Wildman–Crippen LogP) is 2.86. The van der Waals surface area contributed by atoms with Crippen LogP contribution in [0.1, 0.15) is 49.9 Å². The fourth-order valence-corrected chi connectivity index (χ4v) is 3.44. The first-order valence-electron chi connectivity index (χ1n) is 7.62. The molecule has 0 spiro atoms. The van der Waals surface area contributed by atoms with Crippen molar-refractivity contribution >= 4 is 0 Å². The fourth-order valence-electron chi connectivity index (χ4n) is 3.44. The lowest BCUT2D eigenvalue weighted by Gasteiger charge is -2.33. The van der Waals surface area contributed by atoms with Gasteiger partial charge in [-0.05, 0) is 56.6 Å². The SMILES string of the molecule is CC(NC1CCCc2cccnc21)C1CCOCC1. The average molecular weight is 260 g/mol. The van der Waals surface area contributed by atoms with Crippen molar-refractivity contribution in [1.29, 1.82) is 0 Å². The van der Waals surface area contributed by atoms with Crippen LogP contribution in [0.4, 0.5) is 0 Å². The molecule has 0 amide bonds. The average Bonchev–Trinajstić information content (AvgIpc) is 2.48. The summed E-state index contributed by atoms with van der Waals surface area (Å²) in [7, 11) is 0. The topological polar surface area (TPSA) is 34.2 Å². The number of aryl methyl sites for hydroxylation is 1. The normalized spacial score (nSPS) is 25.8. The quantitative estimate of drug-likeness (QED) is 0.907. The lowest BCUT2D eigenvalue weighted by Crippen LogP contribution is -2.40. The second kappa shape index (κ2) is 6.02. The standard InChI is InChI=1S/C16H24N2O/c1-12(13-7-10-19-11-8-13)18-15-6-2-4-14-5-3-9-17-16(14)15/h3,5,9,12-13,15,18H,2,4,6-8,10-11H2,1H3. The van der Waals surface area contributed by atoms with Crippen LogP contribution >= 0.6 is 0 Å². The van der Waals surface area contributed by atoms with E-state index in [4.69, 9.17) is 4.74 Å². The van der Waals surface area contributed by atoms with E-state index in [9.17, 15) is 0 Å². The van der Waals surface area contributed by atoms with Crippen LogP contribution in [-0.4, -0.2) is 24.2 Å². The Morgan fingerprint density at radius 3 is 3.00 bits per heavy atom. The summed E-state index contributed by atoms with van der Waals surface area (Å²) >= 11 is 0. The second-order valence-electron chi connectivity index (χ2n) is 5.90. The van der Waals surface area contributed by atoms with Crippen LogP contribution in [0, 0.1) is 5.92 Å². The fraction of sp³-hybridized carbons (Fsp3) is 0.688. The molecule has 104 valence electrons. The Morgan fingerprint density at radius 2 is 2.16 bits per heavy atom. The highest BCUT2D eigenvalue weighted by atomic mass is 16.5. The van der Waals surface area contributed by atoms with Crippen molar-refractivity contribution in [1.82, 2.24) is 10.3 Å². The Balaban J connectivity index is 1.66. The highest BCUT2D eigenvalue weighted by molar-refractivity contribution is 5.25. The largest absolute Gasteiger partial charge is 0.381 e. The number of fused-ring (bicyclic) bond motifs is 1. The summed E-state index contributed by atoms with van der Waals surface area (Å²) in [5.74, 6) is 0.753. The Bertz CT molecular complexity index is 415. The Labute approximate surface area is 115 Å². The third-order valence-corrected chi connectivity index (χ3v) is 4.63. The van der Waals surface area contributed by atoms with E-state index in [0.717, 1.165) is 19.1 Å². The molecule has 1 N–H and O–H groups in total. The molecule has 19 heavy (non-hydrogen) atoms. The van der Waals surface area contributed by atoms with E-state index in [0.29, 0.717) is 12.1 Å². The van der Waals surface area contributed by atoms with Gasteiger partial charge >= 0.3 is 0 Å². The molecule has 2 heterocycles. The lowest BCUT2D eigenvalue weighted by atomic mass is 9.88. The maximum absolute atomic E-state index is 5.46.